The number of alkyl halides is 3. The van der Waals surface area contributed by atoms with Gasteiger partial charge >= 0.3 is 6.18 Å². The fourth-order valence-corrected chi connectivity index (χ4v) is 1.37. The summed E-state index contributed by atoms with van der Waals surface area (Å²) < 4.78 is 37.1. The summed E-state index contributed by atoms with van der Waals surface area (Å²) in [6.45, 7) is 0.564. The Morgan fingerprint density at radius 2 is 2.25 bits per heavy atom. The van der Waals surface area contributed by atoms with Crippen molar-refractivity contribution >= 4 is 17.2 Å². The highest BCUT2D eigenvalue weighted by atomic mass is 32.1. The Kier molecular flexibility index (Phi) is 3.54. The molecule has 0 saturated carbocycles. The molecule has 0 spiro atoms. The van der Waals surface area contributed by atoms with Crippen molar-refractivity contribution in [1.29, 1.82) is 0 Å². The third kappa shape index (κ3) is 2.70. The second-order valence-electron chi connectivity index (χ2n) is 3.36. The van der Waals surface area contributed by atoms with E-state index < -0.39 is 17.6 Å². The number of nitrogens with two attached hydrogens (primary N) is 1. The van der Waals surface area contributed by atoms with Crippen LogP contribution in [0.2, 0.25) is 0 Å². The van der Waals surface area contributed by atoms with Gasteiger partial charge in [-0.25, -0.2) is 4.98 Å². The molecule has 16 heavy (non-hydrogen) atoms. The monoisotopic (exact) mass is 253 g/mol. The molecule has 0 aliphatic rings. The fourth-order valence-electron chi connectivity index (χ4n) is 0.808. The summed E-state index contributed by atoms with van der Waals surface area (Å²) in [5.41, 5.74) is 4.05. The molecule has 1 rings (SSSR count). The molecule has 90 valence electrons. The number of aromatic nitrogens is 1. The van der Waals surface area contributed by atoms with Gasteiger partial charge in [-0.2, -0.15) is 13.2 Å². The van der Waals surface area contributed by atoms with Crippen LogP contribution in [0.25, 0.3) is 0 Å². The molecule has 0 saturated heterocycles. The Balaban J connectivity index is 2.59. The number of hydrogen-bond donors (Lipinski definition) is 2. The van der Waals surface area contributed by atoms with Crippen molar-refractivity contribution in [3.63, 3.8) is 0 Å². The summed E-state index contributed by atoms with van der Waals surface area (Å²) in [6, 6.07) is 0. The van der Waals surface area contributed by atoms with Crippen molar-refractivity contribution in [2.24, 2.45) is 5.73 Å². The summed E-state index contributed by atoms with van der Waals surface area (Å²) in [4.78, 5) is 15.0. The summed E-state index contributed by atoms with van der Waals surface area (Å²) in [7, 11) is 0. The van der Waals surface area contributed by atoms with Gasteiger partial charge in [0.1, 0.15) is 0 Å². The highest BCUT2D eigenvalue weighted by Crippen LogP contribution is 2.27. The molecular formula is C8H10F3N3OS. The molecule has 1 aromatic rings. The molecule has 4 nitrogen and oxygen atoms in total. The van der Waals surface area contributed by atoms with Gasteiger partial charge in [-0.05, 0) is 6.92 Å². The van der Waals surface area contributed by atoms with Crippen LogP contribution < -0.4 is 11.1 Å². The molecule has 1 aromatic heterocycles. The summed E-state index contributed by atoms with van der Waals surface area (Å²) in [6.07, 6.45) is -4.78. The SMILES string of the molecule is CC(N)(C(=O)NCc1cscn1)C(F)(F)F. The van der Waals surface area contributed by atoms with Crippen molar-refractivity contribution in [3.8, 4) is 0 Å². The minimum Gasteiger partial charge on any atom is -0.349 e. The second-order valence-corrected chi connectivity index (χ2v) is 4.08. The first-order valence-corrected chi connectivity index (χ1v) is 5.20. The van der Waals surface area contributed by atoms with E-state index in [-0.39, 0.29) is 6.54 Å². The van der Waals surface area contributed by atoms with Crippen molar-refractivity contribution in [3.05, 3.63) is 16.6 Å². The number of carbonyl (C=O) groups excluding carboxylic acids is 1. The van der Waals surface area contributed by atoms with Gasteiger partial charge in [0.2, 0.25) is 5.91 Å². The maximum absolute atomic E-state index is 12.4. The number of amides is 1. The lowest BCUT2D eigenvalue weighted by molar-refractivity contribution is -0.187. The summed E-state index contributed by atoms with van der Waals surface area (Å²) in [5, 5.41) is 3.72. The smallest absolute Gasteiger partial charge is 0.349 e. The second kappa shape index (κ2) is 4.38. The van der Waals surface area contributed by atoms with Gasteiger partial charge < -0.3 is 11.1 Å². The molecule has 1 atom stereocenters. The number of nitrogens with one attached hydrogen (secondary N) is 1. The van der Waals surface area contributed by atoms with Crippen LogP contribution in [0.15, 0.2) is 10.9 Å². The number of carbonyl (C=O) groups is 1. The standard InChI is InChI=1S/C8H10F3N3OS/c1-7(12,8(9,10)11)6(15)13-2-5-3-16-4-14-5/h3-4H,2,12H2,1H3,(H,13,15). The van der Waals surface area contributed by atoms with Crippen LogP contribution in [0, 0.1) is 0 Å². The summed E-state index contributed by atoms with van der Waals surface area (Å²) in [5.74, 6) is -1.27. The lowest BCUT2D eigenvalue weighted by Crippen LogP contribution is -2.61. The van der Waals surface area contributed by atoms with E-state index in [1.165, 1.54) is 16.8 Å². The van der Waals surface area contributed by atoms with E-state index in [9.17, 15) is 18.0 Å². The molecule has 1 amide bonds. The highest BCUT2D eigenvalue weighted by molar-refractivity contribution is 7.07. The third-order valence-electron chi connectivity index (χ3n) is 1.97. The average molecular weight is 253 g/mol. The molecule has 1 heterocycles. The number of thiazole rings is 1. The zero-order valence-corrected chi connectivity index (χ0v) is 9.15. The van der Waals surface area contributed by atoms with Crippen LogP contribution in [0.3, 0.4) is 0 Å². The maximum atomic E-state index is 12.4. The first kappa shape index (κ1) is 12.9. The normalized spacial score (nSPS) is 15.6. The maximum Gasteiger partial charge on any atom is 0.415 e. The van der Waals surface area contributed by atoms with Crippen LogP contribution in [0.5, 0.6) is 0 Å². The molecule has 0 fully saturated rings. The molecule has 8 heteroatoms. The van der Waals surface area contributed by atoms with Gasteiger partial charge in [-0.3, -0.25) is 4.79 Å². The van der Waals surface area contributed by atoms with Crippen molar-refractivity contribution in [2.75, 3.05) is 0 Å². The Labute approximate surface area is 93.7 Å². The van der Waals surface area contributed by atoms with Gasteiger partial charge in [0.05, 0.1) is 17.7 Å². The quantitative estimate of drug-likeness (QED) is 0.845. The van der Waals surface area contributed by atoms with E-state index in [0.29, 0.717) is 12.6 Å². The van der Waals surface area contributed by atoms with Gasteiger partial charge in [0.25, 0.3) is 0 Å². The summed E-state index contributed by atoms with van der Waals surface area (Å²) >= 11 is 1.29. The number of nitrogens with zero attached hydrogens (tertiary/aromatic N) is 1. The number of halogens is 3. The van der Waals surface area contributed by atoms with Crippen LogP contribution in [0.4, 0.5) is 13.2 Å². The Bertz CT molecular complexity index is 361. The minimum atomic E-state index is -4.78. The Hall–Kier alpha value is -1.15. The van der Waals surface area contributed by atoms with Crippen molar-refractivity contribution in [1.82, 2.24) is 10.3 Å². The van der Waals surface area contributed by atoms with Crippen molar-refractivity contribution < 1.29 is 18.0 Å². The van der Waals surface area contributed by atoms with E-state index in [1.807, 2.05) is 0 Å². The zero-order chi connectivity index (χ0) is 12.4. The van der Waals surface area contributed by atoms with Crippen LogP contribution in [-0.2, 0) is 11.3 Å². The van der Waals surface area contributed by atoms with E-state index in [4.69, 9.17) is 5.73 Å². The Morgan fingerprint density at radius 3 is 2.69 bits per heavy atom. The van der Waals surface area contributed by atoms with E-state index in [2.05, 4.69) is 10.3 Å². The zero-order valence-electron chi connectivity index (χ0n) is 8.34. The van der Waals surface area contributed by atoms with Crippen LogP contribution in [0.1, 0.15) is 12.6 Å². The first-order valence-electron chi connectivity index (χ1n) is 4.26. The fraction of sp³-hybridized carbons (Fsp3) is 0.500. The number of rotatable bonds is 3. The molecule has 1 unspecified atom stereocenters. The molecule has 0 radical (unpaired) electrons. The van der Waals surface area contributed by atoms with E-state index in [1.54, 1.807) is 5.38 Å². The predicted octanol–water partition coefficient (Wildman–Crippen LogP) is 1.04. The third-order valence-corrected chi connectivity index (χ3v) is 2.61. The van der Waals surface area contributed by atoms with E-state index >= 15 is 0 Å². The molecule has 0 aliphatic heterocycles. The molecular weight excluding hydrogens is 243 g/mol. The van der Waals surface area contributed by atoms with Crippen LogP contribution in [-0.4, -0.2) is 22.6 Å². The van der Waals surface area contributed by atoms with Crippen molar-refractivity contribution in [2.45, 2.75) is 25.2 Å². The topological polar surface area (TPSA) is 68.0 Å². The molecule has 0 bridgehead atoms. The lowest BCUT2D eigenvalue weighted by atomic mass is 10.0. The largest absolute Gasteiger partial charge is 0.415 e. The van der Waals surface area contributed by atoms with E-state index in [0.717, 1.165) is 0 Å². The highest BCUT2D eigenvalue weighted by Gasteiger charge is 2.53. The van der Waals surface area contributed by atoms with Gasteiger partial charge in [0.15, 0.2) is 5.54 Å². The lowest BCUT2D eigenvalue weighted by Gasteiger charge is -2.25. The minimum absolute atomic E-state index is 0.0643. The van der Waals surface area contributed by atoms with Gasteiger partial charge in [0, 0.05) is 5.38 Å². The molecule has 0 aromatic carbocycles. The Morgan fingerprint density at radius 1 is 1.62 bits per heavy atom. The number of hydrogen-bond acceptors (Lipinski definition) is 4. The average Bonchev–Trinajstić information content (AvgIpc) is 2.64. The molecule has 0 aliphatic carbocycles. The first-order chi connectivity index (χ1) is 7.25. The van der Waals surface area contributed by atoms with Crippen LogP contribution >= 0.6 is 11.3 Å². The molecule has 3 N–H and O–H groups in total. The predicted molar refractivity (Wildman–Crippen MR) is 52.6 cm³/mol. The van der Waals surface area contributed by atoms with Gasteiger partial charge in [-0.15, -0.1) is 11.3 Å². The van der Waals surface area contributed by atoms with Gasteiger partial charge in [-0.1, -0.05) is 0 Å².